The lowest BCUT2D eigenvalue weighted by Gasteiger charge is -2.24. The second-order valence-corrected chi connectivity index (χ2v) is 10.2. The third kappa shape index (κ3) is 4.17. The van der Waals surface area contributed by atoms with Gasteiger partial charge in [0.25, 0.3) is 5.56 Å². The number of esters is 1. The van der Waals surface area contributed by atoms with Crippen molar-refractivity contribution in [3.05, 3.63) is 96.2 Å². The summed E-state index contributed by atoms with van der Waals surface area (Å²) in [5, 5.41) is 0. The van der Waals surface area contributed by atoms with Crippen LogP contribution in [0.4, 0.5) is 0 Å². The molecule has 3 heterocycles. The smallest absolute Gasteiger partial charge is 0.338 e. The Morgan fingerprint density at radius 3 is 2.66 bits per heavy atom. The van der Waals surface area contributed by atoms with Gasteiger partial charge in [0.05, 0.1) is 29.0 Å². The van der Waals surface area contributed by atoms with E-state index in [4.69, 9.17) is 9.47 Å². The van der Waals surface area contributed by atoms with Crippen LogP contribution in [0.25, 0.3) is 12.2 Å². The average Bonchev–Trinajstić information content (AvgIpc) is 3.17. The number of ether oxygens (including phenoxy) is 2. The van der Waals surface area contributed by atoms with Gasteiger partial charge in [-0.15, -0.1) is 11.8 Å². The normalized spacial score (nSPS) is 19.3. The second kappa shape index (κ2) is 9.36. The fourth-order valence-electron chi connectivity index (χ4n) is 4.37. The number of carbonyl (C=O) groups is 1. The highest BCUT2D eigenvalue weighted by Crippen LogP contribution is 2.32. The maximum atomic E-state index is 13.7. The molecule has 2 aliphatic heterocycles. The number of hydrogen-bond acceptors (Lipinski definition) is 7. The van der Waals surface area contributed by atoms with Crippen molar-refractivity contribution in [2.45, 2.75) is 30.9 Å². The van der Waals surface area contributed by atoms with Crippen LogP contribution in [0.3, 0.4) is 0 Å². The molecule has 0 fully saturated rings. The number of aromatic nitrogens is 1. The van der Waals surface area contributed by atoms with E-state index >= 15 is 0 Å². The molecule has 0 saturated heterocycles. The molecule has 178 valence electrons. The topological polar surface area (TPSA) is 69.9 Å². The summed E-state index contributed by atoms with van der Waals surface area (Å²) in [5.41, 5.74) is 3.41. The van der Waals surface area contributed by atoms with Crippen LogP contribution >= 0.6 is 23.1 Å². The van der Waals surface area contributed by atoms with Crippen LogP contribution in [0.2, 0.25) is 0 Å². The molecular weight excluding hydrogens is 480 g/mol. The SMILES string of the molecule is COC(=O)C1=C(C)N=c2sc(=CC3=Cc4ccccc4OC3C)c(=O)n2C1c1ccc(SC)cc1. The lowest BCUT2D eigenvalue weighted by Crippen LogP contribution is -2.40. The van der Waals surface area contributed by atoms with Gasteiger partial charge >= 0.3 is 5.97 Å². The van der Waals surface area contributed by atoms with Gasteiger partial charge in [0.1, 0.15) is 11.9 Å². The van der Waals surface area contributed by atoms with Crippen molar-refractivity contribution in [1.82, 2.24) is 4.57 Å². The van der Waals surface area contributed by atoms with Crippen molar-refractivity contribution in [3.8, 4) is 5.75 Å². The van der Waals surface area contributed by atoms with Gasteiger partial charge in [-0.25, -0.2) is 9.79 Å². The number of fused-ring (bicyclic) bond motifs is 2. The molecule has 0 saturated carbocycles. The number of benzene rings is 2. The number of rotatable bonds is 4. The van der Waals surface area contributed by atoms with Crippen LogP contribution in [-0.2, 0) is 9.53 Å². The van der Waals surface area contributed by atoms with Gasteiger partial charge in [-0.2, -0.15) is 0 Å². The van der Waals surface area contributed by atoms with E-state index < -0.39 is 12.0 Å². The molecular formula is C27H24N2O4S2. The Morgan fingerprint density at radius 2 is 1.94 bits per heavy atom. The Kier molecular flexibility index (Phi) is 6.25. The highest BCUT2D eigenvalue weighted by Gasteiger charge is 2.33. The van der Waals surface area contributed by atoms with E-state index in [1.165, 1.54) is 18.4 Å². The minimum Gasteiger partial charge on any atom is -0.485 e. The van der Waals surface area contributed by atoms with Gasteiger partial charge in [0.2, 0.25) is 0 Å². The van der Waals surface area contributed by atoms with Crippen LogP contribution in [0.15, 0.2) is 80.1 Å². The van der Waals surface area contributed by atoms with Crippen LogP contribution in [0.5, 0.6) is 5.75 Å². The molecule has 2 unspecified atom stereocenters. The molecule has 0 spiro atoms. The van der Waals surface area contributed by atoms with E-state index in [0.29, 0.717) is 20.6 Å². The maximum absolute atomic E-state index is 13.7. The summed E-state index contributed by atoms with van der Waals surface area (Å²) in [6.45, 7) is 3.74. The van der Waals surface area contributed by atoms with Crippen LogP contribution < -0.4 is 19.6 Å². The Bertz CT molecular complexity index is 1560. The van der Waals surface area contributed by atoms with Crippen molar-refractivity contribution in [3.63, 3.8) is 0 Å². The zero-order chi connectivity index (χ0) is 24.7. The van der Waals surface area contributed by atoms with E-state index in [-0.39, 0.29) is 11.7 Å². The lowest BCUT2D eigenvalue weighted by molar-refractivity contribution is -0.136. The average molecular weight is 505 g/mol. The summed E-state index contributed by atoms with van der Waals surface area (Å²) in [6.07, 6.45) is 5.72. The van der Waals surface area contributed by atoms with Gasteiger partial charge in [-0.3, -0.25) is 9.36 Å². The molecule has 0 amide bonds. The number of carbonyl (C=O) groups excluding carboxylic acids is 1. The molecule has 5 rings (SSSR count). The number of thiazole rings is 1. The molecule has 2 atom stereocenters. The molecule has 3 aromatic rings. The Hall–Kier alpha value is -3.36. The lowest BCUT2D eigenvalue weighted by atomic mass is 9.96. The highest BCUT2D eigenvalue weighted by molar-refractivity contribution is 7.98. The first kappa shape index (κ1) is 23.4. The summed E-state index contributed by atoms with van der Waals surface area (Å²) in [7, 11) is 1.34. The Labute approximate surface area is 210 Å². The van der Waals surface area contributed by atoms with Crippen LogP contribution in [0.1, 0.15) is 31.0 Å². The van der Waals surface area contributed by atoms with Crippen molar-refractivity contribution >= 4 is 41.2 Å². The van der Waals surface area contributed by atoms with Crippen molar-refractivity contribution in [1.29, 1.82) is 0 Å². The number of thioether (sulfide) groups is 1. The van der Waals surface area contributed by atoms with E-state index in [2.05, 4.69) is 4.99 Å². The minimum atomic E-state index is -0.619. The summed E-state index contributed by atoms with van der Waals surface area (Å²) < 4.78 is 13.3. The number of methoxy groups -OCH3 is 1. The first-order valence-corrected chi connectivity index (χ1v) is 13.2. The molecule has 0 aliphatic carbocycles. The fraction of sp³-hybridized carbons (Fsp3) is 0.222. The van der Waals surface area contributed by atoms with Crippen LogP contribution in [0, 0.1) is 0 Å². The quantitative estimate of drug-likeness (QED) is 0.398. The number of para-hydroxylation sites is 1. The third-order valence-electron chi connectivity index (χ3n) is 6.17. The predicted octanol–water partition coefficient (Wildman–Crippen LogP) is 3.95. The molecule has 1 aromatic heterocycles. The number of hydrogen-bond donors (Lipinski definition) is 0. The molecule has 2 aromatic carbocycles. The molecule has 35 heavy (non-hydrogen) atoms. The van der Waals surface area contributed by atoms with E-state index in [0.717, 1.165) is 27.3 Å². The van der Waals surface area contributed by atoms with E-state index in [1.807, 2.05) is 73.9 Å². The van der Waals surface area contributed by atoms with Gasteiger partial charge in [-0.1, -0.05) is 41.7 Å². The zero-order valence-corrected chi connectivity index (χ0v) is 21.4. The minimum absolute atomic E-state index is 0.200. The van der Waals surface area contributed by atoms with Gasteiger partial charge in [0.15, 0.2) is 4.80 Å². The van der Waals surface area contributed by atoms with E-state index in [9.17, 15) is 9.59 Å². The fourth-order valence-corrected chi connectivity index (χ4v) is 5.82. The third-order valence-corrected chi connectivity index (χ3v) is 7.90. The van der Waals surface area contributed by atoms with Gasteiger partial charge in [0, 0.05) is 10.5 Å². The van der Waals surface area contributed by atoms with Crippen LogP contribution in [-0.4, -0.2) is 30.0 Å². The molecule has 6 nitrogen and oxygen atoms in total. The second-order valence-electron chi connectivity index (χ2n) is 8.29. The first-order valence-electron chi connectivity index (χ1n) is 11.1. The highest BCUT2D eigenvalue weighted by atomic mass is 32.2. The zero-order valence-electron chi connectivity index (χ0n) is 19.8. The maximum Gasteiger partial charge on any atom is 0.338 e. The molecule has 0 bridgehead atoms. The molecule has 8 heteroatoms. The number of allylic oxidation sites excluding steroid dienone is 1. The van der Waals surface area contributed by atoms with Crippen molar-refractivity contribution in [2.75, 3.05) is 13.4 Å². The van der Waals surface area contributed by atoms with Crippen molar-refractivity contribution in [2.24, 2.45) is 4.99 Å². The summed E-state index contributed by atoms with van der Waals surface area (Å²) in [6, 6.07) is 15.1. The number of nitrogens with zero attached hydrogens (tertiary/aromatic N) is 2. The van der Waals surface area contributed by atoms with E-state index in [1.54, 1.807) is 23.3 Å². The van der Waals surface area contributed by atoms with Gasteiger partial charge in [-0.05, 0) is 61.6 Å². The van der Waals surface area contributed by atoms with Gasteiger partial charge < -0.3 is 9.47 Å². The van der Waals surface area contributed by atoms with Crippen molar-refractivity contribution < 1.29 is 14.3 Å². The largest absolute Gasteiger partial charge is 0.485 e. The monoisotopic (exact) mass is 504 g/mol. The summed E-state index contributed by atoms with van der Waals surface area (Å²) in [4.78, 5) is 32.8. The molecule has 2 aliphatic rings. The first-order chi connectivity index (χ1) is 16.9. The molecule has 0 radical (unpaired) electrons. The Morgan fingerprint density at radius 1 is 1.20 bits per heavy atom. The molecule has 0 N–H and O–H groups in total. The Balaban J connectivity index is 1.69. The summed E-state index contributed by atoms with van der Waals surface area (Å²) >= 11 is 2.94. The standard InChI is InChI=1S/C27H24N2O4S2/c1-15-23(26(31)32-3)24(17-9-11-20(34-4)12-10-17)29-25(30)22(35-27(29)28-15)14-19-13-18-7-5-6-8-21(18)33-16(19)2/h5-14,16,24H,1-4H3. The summed E-state index contributed by atoms with van der Waals surface area (Å²) in [5.74, 6) is 0.332. The predicted molar refractivity (Wildman–Crippen MR) is 139 cm³/mol.